The SMILES string of the molecule is C=CC[N+]1(C)[C@H]2CC[C@@H]1[C@@H](C(=O)OC)[C@@H](OC(=O)c1ccccc1)C2.[Br-]. The van der Waals surface area contributed by atoms with Crippen LogP contribution in [0.1, 0.15) is 29.6 Å². The maximum Gasteiger partial charge on any atom is 0.338 e. The second-order valence-corrected chi connectivity index (χ2v) is 7.21. The summed E-state index contributed by atoms with van der Waals surface area (Å²) in [7, 11) is 3.58. The van der Waals surface area contributed by atoms with Crippen molar-refractivity contribution >= 4 is 11.9 Å². The Morgan fingerprint density at radius 3 is 2.58 bits per heavy atom. The molecule has 26 heavy (non-hydrogen) atoms. The molecule has 5 atom stereocenters. The molecule has 0 spiro atoms. The lowest BCUT2D eigenvalue weighted by molar-refractivity contribution is -0.947. The van der Waals surface area contributed by atoms with E-state index in [9.17, 15) is 9.59 Å². The predicted molar refractivity (Wildman–Crippen MR) is 93.8 cm³/mol. The summed E-state index contributed by atoms with van der Waals surface area (Å²) in [5.41, 5.74) is 0.507. The zero-order valence-electron chi connectivity index (χ0n) is 15.3. The molecule has 1 aromatic rings. The molecule has 0 aliphatic carbocycles. The van der Waals surface area contributed by atoms with Crippen LogP contribution in [-0.2, 0) is 14.3 Å². The quantitative estimate of drug-likeness (QED) is 0.366. The van der Waals surface area contributed by atoms with Gasteiger partial charge in [-0.2, -0.15) is 0 Å². The molecule has 1 unspecified atom stereocenters. The van der Waals surface area contributed by atoms with Crippen LogP contribution in [0.3, 0.4) is 0 Å². The number of fused-ring (bicyclic) bond motifs is 2. The van der Waals surface area contributed by atoms with E-state index in [0.717, 1.165) is 23.9 Å². The number of nitrogens with zero attached hydrogens (tertiary/aromatic N) is 1. The highest BCUT2D eigenvalue weighted by atomic mass is 79.9. The molecule has 2 aliphatic rings. The molecule has 2 saturated heterocycles. The third-order valence-electron chi connectivity index (χ3n) is 5.97. The van der Waals surface area contributed by atoms with Crippen molar-refractivity contribution in [2.45, 2.75) is 37.5 Å². The number of rotatable bonds is 5. The van der Waals surface area contributed by atoms with Crippen molar-refractivity contribution in [1.82, 2.24) is 0 Å². The fourth-order valence-electron chi connectivity index (χ4n) is 4.70. The van der Waals surface area contributed by atoms with Gasteiger partial charge in [-0.3, -0.25) is 4.79 Å². The van der Waals surface area contributed by atoms with Gasteiger partial charge in [0.15, 0.2) is 0 Å². The minimum absolute atomic E-state index is 0. The average Bonchev–Trinajstić information content (AvgIpc) is 2.81. The monoisotopic (exact) mass is 423 g/mol. The highest BCUT2D eigenvalue weighted by Gasteiger charge is 2.60. The van der Waals surface area contributed by atoms with Gasteiger partial charge in [-0.15, -0.1) is 0 Å². The number of piperidine rings is 1. The molecule has 0 saturated carbocycles. The number of quaternary nitrogens is 1. The van der Waals surface area contributed by atoms with Crippen LogP contribution in [0.15, 0.2) is 43.0 Å². The smallest absolute Gasteiger partial charge is 0.338 e. The maximum atomic E-state index is 12.5. The Morgan fingerprint density at radius 2 is 1.96 bits per heavy atom. The number of carbonyl (C=O) groups excluding carboxylic acids is 2. The molecule has 5 nitrogen and oxygen atoms in total. The third kappa shape index (κ3) is 3.58. The van der Waals surface area contributed by atoms with Gasteiger partial charge in [0.2, 0.25) is 0 Å². The van der Waals surface area contributed by atoms with E-state index in [1.165, 1.54) is 7.11 Å². The Hall–Kier alpha value is -1.66. The minimum Gasteiger partial charge on any atom is -1.00 e. The lowest BCUT2D eigenvalue weighted by Crippen LogP contribution is -3.00. The van der Waals surface area contributed by atoms with E-state index in [2.05, 4.69) is 13.6 Å². The molecule has 0 N–H and O–H groups in total. The molecule has 0 aromatic heterocycles. The number of benzene rings is 1. The summed E-state index contributed by atoms with van der Waals surface area (Å²) < 4.78 is 11.6. The molecular formula is C20H26BrNO4. The first-order valence-electron chi connectivity index (χ1n) is 8.81. The summed E-state index contributed by atoms with van der Waals surface area (Å²) in [4.78, 5) is 25.0. The Morgan fingerprint density at radius 1 is 1.27 bits per heavy atom. The number of carbonyl (C=O) groups is 2. The molecule has 6 heteroatoms. The summed E-state index contributed by atoms with van der Waals surface area (Å²) >= 11 is 0. The van der Waals surface area contributed by atoms with Crippen LogP contribution < -0.4 is 17.0 Å². The van der Waals surface area contributed by atoms with Crippen molar-refractivity contribution in [3.8, 4) is 0 Å². The second kappa shape index (κ2) is 8.35. The third-order valence-corrected chi connectivity index (χ3v) is 5.97. The van der Waals surface area contributed by atoms with Crippen molar-refractivity contribution in [1.29, 1.82) is 0 Å². The fourth-order valence-corrected chi connectivity index (χ4v) is 4.70. The molecule has 2 aliphatic heterocycles. The van der Waals surface area contributed by atoms with Gasteiger partial charge in [0.25, 0.3) is 0 Å². The summed E-state index contributed by atoms with van der Waals surface area (Å²) in [5, 5.41) is 0. The largest absolute Gasteiger partial charge is 1.00 e. The number of likely N-dealkylation sites (N-methyl/N-ethyl adjacent to an activating group) is 1. The fraction of sp³-hybridized carbons (Fsp3) is 0.500. The van der Waals surface area contributed by atoms with E-state index in [0.29, 0.717) is 18.0 Å². The molecule has 3 rings (SSSR count). The lowest BCUT2D eigenvalue weighted by atomic mass is 9.85. The van der Waals surface area contributed by atoms with Crippen LogP contribution in [0.25, 0.3) is 0 Å². The van der Waals surface area contributed by atoms with Crippen LogP contribution in [0, 0.1) is 5.92 Å². The number of hydrogen-bond acceptors (Lipinski definition) is 4. The Bertz CT molecular complexity index is 665. The van der Waals surface area contributed by atoms with E-state index in [4.69, 9.17) is 9.47 Å². The molecule has 1 aromatic carbocycles. The van der Waals surface area contributed by atoms with Gasteiger partial charge >= 0.3 is 11.9 Å². The van der Waals surface area contributed by atoms with Crippen LogP contribution in [-0.4, -0.2) is 55.3 Å². The van der Waals surface area contributed by atoms with Gasteiger partial charge in [-0.05, 0) is 18.2 Å². The van der Waals surface area contributed by atoms with E-state index in [1.54, 1.807) is 24.3 Å². The first-order valence-corrected chi connectivity index (χ1v) is 8.81. The molecule has 2 heterocycles. The number of halogens is 1. The molecular weight excluding hydrogens is 398 g/mol. The molecule has 0 amide bonds. The van der Waals surface area contributed by atoms with Gasteiger partial charge in [0, 0.05) is 19.3 Å². The first-order chi connectivity index (χ1) is 12.0. The summed E-state index contributed by atoms with van der Waals surface area (Å²) in [6.45, 7) is 4.68. The normalized spacial score (nSPS) is 32.2. The first kappa shape index (κ1) is 20.6. The Labute approximate surface area is 165 Å². The standard InChI is InChI=1S/C20H26NO4.BrH/c1-4-12-21(2)15-10-11-16(21)18(20(23)24-3)17(13-15)25-19(22)14-8-6-5-7-9-14;/h4-9,15-18H,1,10-13H2,2-3H3;1H/q+1;/p-1/t15-,16+,17-,18+,21?;/m0./s1. The number of methoxy groups -OCH3 is 1. The van der Waals surface area contributed by atoms with Crippen LogP contribution in [0.2, 0.25) is 0 Å². The molecule has 2 fully saturated rings. The number of ether oxygens (including phenoxy) is 2. The van der Waals surface area contributed by atoms with Crippen molar-refractivity contribution in [3.05, 3.63) is 48.6 Å². The van der Waals surface area contributed by atoms with E-state index >= 15 is 0 Å². The van der Waals surface area contributed by atoms with Crippen molar-refractivity contribution in [2.75, 3.05) is 20.7 Å². The highest BCUT2D eigenvalue weighted by Crippen LogP contribution is 2.45. The predicted octanol–water partition coefficient (Wildman–Crippen LogP) is -0.427. The van der Waals surface area contributed by atoms with Crippen LogP contribution in [0.5, 0.6) is 0 Å². The minimum atomic E-state index is -0.436. The Balaban J connectivity index is 0.00000243. The summed E-state index contributed by atoms with van der Waals surface area (Å²) in [5.74, 6) is -1.09. The van der Waals surface area contributed by atoms with Gasteiger partial charge < -0.3 is 30.9 Å². The van der Waals surface area contributed by atoms with E-state index in [1.807, 2.05) is 12.1 Å². The molecule has 142 valence electrons. The van der Waals surface area contributed by atoms with Crippen molar-refractivity contribution < 1.29 is 40.5 Å². The van der Waals surface area contributed by atoms with Gasteiger partial charge in [0.05, 0.1) is 32.3 Å². The molecule has 0 radical (unpaired) electrons. The highest BCUT2D eigenvalue weighted by molar-refractivity contribution is 5.89. The van der Waals surface area contributed by atoms with Gasteiger partial charge in [-0.25, -0.2) is 4.79 Å². The van der Waals surface area contributed by atoms with Gasteiger partial charge in [-0.1, -0.05) is 24.8 Å². The Kier molecular flexibility index (Phi) is 6.64. The van der Waals surface area contributed by atoms with E-state index < -0.39 is 12.0 Å². The lowest BCUT2D eigenvalue weighted by Gasteiger charge is -2.49. The number of hydrogen-bond donors (Lipinski definition) is 0. The molecule has 2 bridgehead atoms. The van der Waals surface area contributed by atoms with Crippen LogP contribution in [0.4, 0.5) is 0 Å². The second-order valence-electron chi connectivity index (χ2n) is 7.21. The topological polar surface area (TPSA) is 52.6 Å². The number of esters is 2. The maximum absolute atomic E-state index is 12.5. The summed E-state index contributed by atoms with van der Waals surface area (Å²) in [6, 6.07) is 9.38. The van der Waals surface area contributed by atoms with Gasteiger partial charge in [0.1, 0.15) is 18.1 Å². The summed E-state index contributed by atoms with van der Waals surface area (Å²) in [6.07, 6.45) is 4.12. The average molecular weight is 424 g/mol. The zero-order valence-corrected chi connectivity index (χ0v) is 16.9. The van der Waals surface area contributed by atoms with Crippen molar-refractivity contribution in [3.63, 3.8) is 0 Å². The van der Waals surface area contributed by atoms with Crippen molar-refractivity contribution in [2.24, 2.45) is 5.92 Å². The van der Waals surface area contributed by atoms with Crippen LogP contribution >= 0.6 is 0 Å². The van der Waals surface area contributed by atoms with E-state index in [-0.39, 0.29) is 35.0 Å². The zero-order chi connectivity index (χ0) is 18.0.